The molecule has 0 amide bonds. The second-order valence-corrected chi connectivity index (χ2v) is 4.99. The zero-order valence-electron chi connectivity index (χ0n) is 10.6. The van der Waals surface area contributed by atoms with Crippen molar-refractivity contribution in [1.82, 2.24) is 4.90 Å². The predicted molar refractivity (Wildman–Crippen MR) is 66.7 cm³/mol. The summed E-state index contributed by atoms with van der Waals surface area (Å²) in [5.41, 5.74) is 0.604. The maximum atomic E-state index is 13.2. The molecule has 1 N–H and O–H groups in total. The average Bonchev–Trinajstić information content (AvgIpc) is 2.86. The topological polar surface area (TPSA) is 40.5 Å². The summed E-state index contributed by atoms with van der Waals surface area (Å²) in [6.07, 6.45) is 4.13. The Morgan fingerprint density at radius 2 is 1.95 bits per heavy atom. The van der Waals surface area contributed by atoms with Gasteiger partial charge in [-0.05, 0) is 30.5 Å². The summed E-state index contributed by atoms with van der Waals surface area (Å²) in [4.78, 5) is 12.7. The second-order valence-electron chi connectivity index (χ2n) is 4.99. The molecule has 0 radical (unpaired) electrons. The predicted octanol–water partition coefficient (Wildman–Crippen LogP) is 2.79. The van der Waals surface area contributed by atoms with Crippen LogP contribution in [0.5, 0.6) is 0 Å². The van der Waals surface area contributed by atoms with Crippen LogP contribution in [0.1, 0.15) is 31.2 Å². The molecule has 0 aliphatic heterocycles. The van der Waals surface area contributed by atoms with Crippen molar-refractivity contribution >= 4 is 5.97 Å². The summed E-state index contributed by atoms with van der Waals surface area (Å²) in [5.74, 6) is -2.66. The van der Waals surface area contributed by atoms with Crippen molar-refractivity contribution < 1.29 is 18.7 Å². The van der Waals surface area contributed by atoms with Crippen molar-refractivity contribution in [2.45, 2.75) is 38.3 Å². The second kappa shape index (κ2) is 6.10. The summed E-state index contributed by atoms with van der Waals surface area (Å²) in [5, 5.41) is 8.95. The van der Waals surface area contributed by atoms with Crippen molar-refractivity contribution in [2.75, 3.05) is 6.54 Å². The van der Waals surface area contributed by atoms with Gasteiger partial charge in [-0.25, -0.2) is 8.78 Å². The average molecular weight is 269 g/mol. The van der Waals surface area contributed by atoms with Gasteiger partial charge >= 0.3 is 5.97 Å². The molecule has 1 aromatic rings. The first-order valence-electron chi connectivity index (χ1n) is 6.46. The minimum absolute atomic E-state index is 0.0658. The van der Waals surface area contributed by atoms with E-state index in [0.717, 1.165) is 37.8 Å². The van der Waals surface area contributed by atoms with E-state index in [1.54, 1.807) is 0 Å². The zero-order valence-corrected chi connectivity index (χ0v) is 10.6. The Kier molecular flexibility index (Phi) is 4.47. The molecule has 0 aromatic heterocycles. The van der Waals surface area contributed by atoms with Crippen LogP contribution in [-0.4, -0.2) is 28.6 Å². The van der Waals surface area contributed by atoms with Gasteiger partial charge in [0.2, 0.25) is 0 Å². The van der Waals surface area contributed by atoms with E-state index in [1.807, 2.05) is 4.90 Å². The van der Waals surface area contributed by atoms with Gasteiger partial charge in [0.05, 0.1) is 6.54 Å². The molecule has 1 saturated carbocycles. The Morgan fingerprint density at radius 1 is 1.26 bits per heavy atom. The summed E-state index contributed by atoms with van der Waals surface area (Å²) in [6.45, 7) is 0.276. The summed E-state index contributed by atoms with van der Waals surface area (Å²) >= 11 is 0. The molecular weight excluding hydrogens is 252 g/mol. The van der Waals surface area contributed by atoms with Crippen LogP contribution in [0.4, 0.5) is 8.78 Å². The number of aliphatic carboxylic acids is 1. The Morgan fingerprint density at radius 3 is 2.53 bits per heavy atom. The first-order chi connectivity index (χ1) is 9.06. The molecule has 104 valence electrons. The van der Waals surface area contributed by atoms with Gasteiger partial charge in [-0.3, -0.25) is 9.69 Å². The molecule has 1 fully saturated rings. The third-order valence-electron chi connectivity index (χ3n) is 3.55. The van der Waals surface area contributed by atoms with Gasteiger partial charge in [0, 0.05) is 12.6 Å². The van der Waals surface area contributed by atoms with E-state index in [9.17, 15) is 13.6 Å². The first kappa shape index (κ1) is 13.9. The Balaban J connectivity index is 2.09. The number of carbonyl (C=O) groups is 1. The van der Waals surface area contributed by atoms with Crippen molar-refractivity contribution in [1.29, 1.82) is 0 Å². The number of benzene rings is 1. The number of hydrogen-bond donors (Lipinski definition) is 1. The third kappa shape index (κ3) is 3.73. The SMILES string of the molecule is O=C(O)CN(Cc1ccc(F)c(F)c1)C1CCCC1. The molecule has 5 heteroatoms. The van der Waals surface area contributed by atoms with E-state index in [2.05, 4.69) is 0 Å². The van der Waals surface area contributed by atoms with Gasteiger partial charge in [-0.2, -0.15) is 0 Å². The first-order valence-corrected chi connectivity index (χ1v) is 6.46. The third-order valence-corrected chi connectivity index (χ3v) is 3.55. The minimum Gasteiger partial charge on any atom is -0.480 e. The van der Waals surface area contributed by atoms with Gasteiger partial charge in [-0.1, -0.05) is 18.9 Å². The molecule has 0 atom stereocenters. The number of carboxylic acids is 1. The maximum absolute atomic E-state index is 13.2. The standard InChI is InChI=1S/C14H17F2NO2/c15-12-6-5-10(7-13(12)16)8-17(9-14(18)19)11-3-1-2-4-11/h5-7,11H,1-4,8-9H2,(H,18,19). The molecule has 1 aliphatic carbocycles. The van der Waals surface area contributed by atoms with E-state index in [4.69, 9.17) is 5.11 Å². The van der Waals surface area contributed by atoms with Crippen LogP contribution in [0.2, 0.25) is 0 Å². The monoisotopic (exact) mass is 269 g/mol. The number of halogens is 2. The van der Waals surface area contributed by atoms with Crippen molar-refractivity contribution in [3.05, 3.63) is 35.4 Å². The smallest absolute Gasteiger partial charge is 0.317 e. The van der Waals surface area contributed by atoms with Crippen LogP contribution in [0, 0.1) is 11.6 Å². The van der Waals surface area contributed by atoms with Crippen LogP contribution in [0.15, 0.2) is 18.2 Å². The lowest BCUT2D eigenvalue weighted by molar-refractivity contribution is -0.139. The fourth-order valence-corrected chi connectivity index (χ4v) is 2.63. The van der Waals surface area contributed by atoms with E-state index in [0.29, 0.717) is 12.1 Å². The lowest BCUT2D eigenvalue weighted by atomic mass is 10.1. The highest BCUT2D eigenvalue weighted by molar-refractivity contribution is 5.69. The molecule has 0 bridgehead atoms. The molecular formula is C14H17F2NO2. The van der Waals surface area contributed by atoms with E-state index < -0.39 is 17.6 Å². The van der Waals surface area contributed by atoms with Crippen molar-refractivity contribution in [3.8, 4) is 0 Å². The molecule has 1 aliphatic rings. The molecule has 19 heavy (non-hydrogen) atoms. The zero-order chi connectivity index (χ0) is 13.8. The molecule has 2 rings (SSSR count). The number of nitrogens with zero attached hydrogens (tertiary/aromatic N) is 1. The van der Waals surface area contributed by atoms with E-state index in [1.165, 1.54) is 6.07 Å². The molecule has 0 saturated heterocycles. The molecule has 1 aromatic carbocycles. The van der Waals surface area contributed by atoms with E-state index in [-0.39, 0.29) is 12.6 Å². The van der Waals surface area contributed by atoms with Gasteiger partial charge in [0.15, 0.2) is 11.6 Å². The molecule has 3 nitrogen and oxygen atoms in total. The van der Waals surface area contributed by atoms with Crippen LogP contribution < -0.4 is 0 Å². The van der Waals surface area contributed by atoms with E-state index >= 15 is 0 Å². The highest BCUT2D eigenvalue weighted by Crippen LogP contribution is 2.25. The van der Waals surface area contributed by atoms with Crippen LogP contribution >= 0.6 is 0 Å². The Labute approximate surface area is 110 Å². The van der Waals surface area contributed by atoms with Crippen molar-refractivity contribution in [3.63, 3.8) is 0 Å². The molecule has 0 heterocycles. The highest BCUT2D eigenvalue weighted by Gasteiger charge is 2.24. The quantitative estimate of drug-likeness (QED) is 0.893. The van der Waals surface area contributed by atoms with Crippen LogP contribution in [-0.2, 0) is 11.3 Å². The summed E-state index contributed by atoms with van der Waals surface area (Å²) in [7, 11) is 0. The normalized spacial score (nSPS) is 16.2. The molecule has 0 unspecified atom stereocenters. The van der Waals surface area contributed by atoms with Gasteiger partial charge in [0.1, 0.15) is 0 Å². The summed E-state index contributed by atoms with van der Waals surface area (Å²) < 4.78 is 26.0. The van der Waals surface area contributed by atoms with Crippen LogP contribution in [0.25, 0.3) is 0 Å². The maximum Gasteiger partial charge on any atom is 0.317 e. The van der Waals surface area contributed by atoms with Crippen LogP contribution in [0.3, 0.4) is 0 Å². The summed E-state index contributed by atoms with van der Waals surface area (Å²) in [6, 6.07) is 3.95. The fourth-order valence-electron chi connectivity index (χ4n) is 2.63. The number of rotatable bonds is 5. The number of hydrogen-bond acceptors (Lipinski definition) is 2. The largest absolute Gasteiger partial charge is 0.480 e. The highest BCUT2D eigenvalue weighted by atomic mass is 19.2. The molecule has 0 spiro atoms. The fraction of sp³-hybridized carbons (Fsp3) is 0.500. The van der Waals surface area contributed by atoms with Crippen molar-refractivity contribution in [2.24, 2.45) is 0 Å². The van der Waals surface area contributed by atoms with Gasteiger partial charge in [0.25, 0.3) is 0 Å². The number of carboxylic acid groups (broad SMARTS) is 1. The minimum atomic E-state index is -0.894. The lowest BCUT2D eigenvalue weighted by Crippen LogP contribution is -2.37. The van der Waals surface area contributed by atoms with Gasteiger partial charge in [-0.15, -0.1) is 0 Å². The lowest BCUT2D eigenvalue weighted by Gasteiger charge is -2.27. The van der Waals surface area contributed by atoms with Gasteiger partial charge < -0.3 is 5.11 Å². The Bertz CT molecular complexity index is 459. The Hall–Kier alpha value is -1.49.